The number of ether oxygens (including phenoxy) is 1. The van der Waals surface area contributed by atoms with E-state index in [1.165, 1.54) is 5.56 Å². The first-order chi connectivity index (χ1) is 9.58. The molecule has 1 saturated heterocycles. The van der Waals surface area contributed by atoms with Crippen molar-refractivity contribution < 1.29 is 9.53 Å². The molecule has 0 N–H and O–H groups in total. The van der Waals surface area contributed by atoms with Crippen LogP contribution in [0.15, 0.2) is 30.3 Å². The van der Waals surface area contributed by atoms with Crippen molar-refractivity contribution in [3.8, 4) is 0 Å². The van der Waals surface area contributed by atoms with Crippen molar-refractivity contribution in [3.63, 3.8) is 0 Å². The Hall–Kier alpha value is -1.35. The minimum absolute atomic E-state index is 0.0264. The third kappa shape index (κ3) is 3.83. The number of likely N-dealkylation sites (tertiary alicyclic amines) is 1. The van der Waals surface area contributed by atoms with E-state index in [-0.39, 0.29) is 11.9 Å². The van der Waals surface area contributed by atoms with Crippen LogP contribution in [0, 0.1) is 11.8 Å². The smallest absolute Gasteiger partial charge is 0.310 e. The van der Waals surface area contributed by atoms with Crippen molar-refractivity contribution in [2.45, 2.75) is 33.2 Å². The lowest BCUT2D eigenvalue weighted by molar-refractivity contribution is -0.149. The molecule has 0 aliphatic carbocycles. The van der Waals surface area contributed by atoms with Crippen LogP contribution in [0.4, 0.5) is 0 Å². The quantitative estimate of drug-likeness (QED) is 0.772. The van der Waals surface area contributed by atoms with Crippen LogP contribution in [0.5, 0.6) is 0 Å². The Balaban J connectivity index is 1.87. The summed E-state index contributed by atoms with van der Waals surface area (Å²) in [5.74, 6) is 0.418. The fourth-order valence-electron chi connectivity index (χ4n) is 2.64. The lowest BCUT2D eigenvalue weighted by atomic mass is 10.1. The number of carbonyl (C=O) groups is 1. The number of carbonyl (C=O) groups excluding carboxylic acids is 1. The molecule has 0 spiro atoms. The summed E-state index contributed by atoms with van der Waals surface area (Å²) in [6.45, 7) is 8.64. The highest BCUT2D eigenvalue weighted by molar-refractivity contribution is 5.73. The minimum atomic E-state index is -0.0264. The molecule has 1 aliphatic heterocycles. The number of esters is 1. The summed E-state index contributed by atoms with van der Waals surface area (Å²) in [4.78, 5) is 14.4. The third-order valence-corrected chi connectivity index (χ3v) is 3.94. The van der Waals surface area contributed by atoms with Crippen LogP contribution in [0.1, 0.15) is 38.8 Å². The van der Waals surface area contributed by atoms with E-state index in [1.807, 2.05) is 6.07 Å². The zero-order valence-corrected chi connectivity index (χ0v) is 12.7. The van der Waals surface area contributed by atoms with Gasteiger partial charge in [-0.15, -0.1) is 0 Å². The van der Waals surface area contributed by atoms with Gasteiger partial charge in [0.2, 0.25) is 0 Å². The van der Waals surface area contributed by atoms with Crippen LogP contribution in [0.25, 0.3) is 0 Å². The first-order valence-electron chi connectivity index (χ1n) is 7.53. The van der Waals surface area contributed by atoms with Gasteiger partial charge in [0.25, 0.3) is 0 Å². The molecule has 2 atom stereocenters. The average Bonchev–Trinajstić information content (AvgIpc) is 2.94. The summed E-state index contributed by atoms with van der Waals surface area (Å²) >= 11 is 0. The van der Waals surface area contributed by atoms with E-state index >= 15 is 0 Å². The molecule has 1 heterocycles. The molecular weight excluding hydrogens is 250 g/mol. The Bertz CT molecular complexity index is 430. The molecule has 0 bridgehead atoms. The van der Waals surface area contributed by atoms with Crippen molar-refractivity contribution >= 4 is 5.97 Å². The standard InChI is InChI=1S/C17H25NO2/c1-13(2)12-20-17(19)16-9-10-18(11-16)14(3)15-7-5-4-6-8-15/h4-8,13-14,16H,9-12H2,1-3H3. The maximum atomic E-state index is 12.0. The van der Waals surface area contributed by atoms with E-state index in [4.69, 9.17) is 4.74 Å². The van der Waals surface area contributed by atoms with Gasteiger partial charge in [-0.25, -0.2) is 0 Å². The normalized spacial score (nSPS) is 21.1. The topological polar surface area (TPSA) is 29.5 Å². The average molecular weight is 275 g/mol. The second-order valence-corrected chi connectivity index (χ2v) is 6.09. The Morgan fingerprint density at radius 3 is 2.65 bits per heavy atom. The second kappa shape index (κ2) is 6.89. The number of nitrogens with zero attached hydrogens (tertiary/aromatic N) is 1. The molecule has 2 unspecified atom stereocenters. The fourth-order valence-corrected chi connectivity index (χ4v) is 2.64. The molecule has 0 aromatic heterocycles. The summed E-state index contributed by atoms with van der Waals surface area (Å²) in [6.07, 6.45) is 0.911. The van der Waals surface area contributed by atoms with Gasteiger partial charge in [0.05, 0.1) is 12.5 Å². The van der Waals surface area contributed by atoms with Gasteiger partial charge >= 0.3 is 5.97 Å². The van der Waals surface area contributed by atoms with Gasteiger partial charge in [-0.05, 0) is 31.4 Å². The molecule has 3 nitrogen and oxygen atoms in total. The Morgan fingerprint density at radius 2 is 2.00 bits per heavy atom. The minimum Gasteiger partial charge on any atom is -0.465 e. The molecule has 3 heteroatoms. The Kier molecular flexibility index (Phi) is 5.18. The summed E-state index contributed by atoms with van der Waals surface area (Å²) < 4.78 is 5.36. The molecule has 0 saturated carbocycles. The highest BCUT2D eigenvalue weighted by atomic mass is 16.5. The maximum absolute atomic E-state index is 12.0. The summed E-state index contributed by atoms with van der Waals surface area (Å²) in [6, 6.07) is 10.8. The Labute approximate surface area is 121 Å². The van der Waals surface area contributed by atoms with Crippen LogP contribution in [-0.2, 0) is 9.53 Å². The molecule has 1 fully saturated rings. The fraction of sp³-hybridized carbons (Fsp3) is 0.588. The van der Waals surface area contributed by atoms with Gasteiger partial charge in [-0.1, -0.05) is 44.2 Å². The van der Waals surface area contributed by atoms with Gasteiger partial charge < -0.3 is 4.74 Å². The zero-order valence-electron chi connectivity index (χ0n) is 12.7. The van der Waals surface area contributed by atoms with E-state index in [2.05, 4.69) is 49.9 Å². The van der Waals surface area contributed by atoms with Crippen LogP contribution >= 0.6 is 0 Å². The van der Waals surface area contributed by atoms with Crippen molar-refractivity contribution in [1.29, 1.82) is 0 Å². The number of rotatable bonds is 5. The van der Waals surface area contributed by atoms with Crippen molar-refractivity contribution in [1.82, 2.24) is 4.90 Å². The molecule has 1 aliphatic rings. The maximum Gasteiger partial charge on any atom is 0.310 e. The molecule has 1 aromatic rings. The molecule has 0 amide bonds. The number of benzene rings is 1. The van der Waals surface area contributed by atoms with Gasteiger partial charge in [-0.3, -0.25) is 9.69 Å². The lowest BCUT2D eigenvalue weighted by Gasteiger charge is -2.24. The summed E-state index contributed by atoms with van der Waals surface area (Å²) in [5.41, 5.74) is 1.31. The van der Waals surface area contributed by atoms with E-state index < -0.39 is 0 Å². The summed E-state index contributed by atoms with van der Waals surface area (Å²) in [5, 5.41) is 0. The molecular formula is C17H25NO2. The van der Waals surface area contributed by atoms with Crippen LogP contribution in [0.2, 0.25) is 0 Å². The molecule has 20 heavy (non-hydrogen) atoms. The van der Waals surface area contributed by atoms with Gasteiger partial charge in [0.15, 0.2) is 0 Å². The van der Waals surface area contributed by atoms with Crippen LogP contribution < -0.4 is 0 Å². The lowest BCUT2D eigenvalue weighted by Crippen LogP contribution is -2.27. The van der Waals surface area contributed by atoms with Crippen molar-refractivity contribution in [2.24, 2.45) is 11.8 Å². The molecule has 0 radical (unpaired) electrons. The van der Waals surface area contributed by atoms with Crippen LogP contribution in [0.3, 0.4) is 0 Å². The summed E-state index contributed by atoms with van der Waals surface area (Å²) in [7, 11) is 0. The Morgan fingerprint density at radius 1 is 1.30 bits per heavy atom. The van der Waals surface area contributed by atoms with Crippen molar-refractivity contribution in [3.05, 3.63) is 35.9 Å². The van der Waals surface area contributed by atoms with E-state index in [0.717, 1.165) is 19.5 Å². The van der Waals surface area contributed by atoms with Crippen molar-refractivity contribution in [2.75, 3.05) is 19.7 Å². The molecule has 110 valence electrons. The van der Waals surface area contributed by atoms with E-state index in [1.54, 1.807) is 0 Å². The highest BCUT2D eigenvalue weighted by Crippen LogP contribution is 2.27. The number of hydrogen-bond donors (Lipinski definition) is 0. The van der Waals surface area contributed by atoms with E-state index in [9.17, 15) is 4.79 Å². The highest BCUT2D eigenvalue weighted by Gasteiger charge is 2.32. The van der Waals surface area contributed by atoms with Crippen LogP contribution in [-0.4, -0.2) is 30.6 Å². The van der Waals surface area contributed by atoms with Gasteiger partial charge in [-0.2, -0.15) is 0 Å². The predicted molar refractivity (Wildman–Crippen MR) is 80.3 cm³/mol. The van der Waals surface area contributed by atoms with E-state index in [0.29, 0.717) is 18.6 Å². The molecule has 1 aromatic carbocycles. The second-order valence-electron chi connectivity index (χ2n) is 6.09. The van der Waals surface area contributed by atoms with Gasteiger partial charge in [0, 0.05) is 12.6 Å². The SMILES string of the molecule is CC(C)COC(=O)C1CCN(C(C)c2ccccc2)C1. The monoisotopic (exact) mass is 275 g/mol. The van der Waals surface area contributed by atoms with Gasteiger partial charge in [0.1, 0.15) is 0 Å². The largest absolute Gasteiger partial charge is 0.465 e. The zero-order chi connectivity index (χ0) is 14.5. The predicted octanol–water partition coefficient (Wildman–Crippen LogP) is 3.27. The first kappa shape index (κ1) is 15.0. The number of hydrogen-bond acceptors (Lipinski definition) is 3. The first-order valence-corrected chi connectivity index (χ1v) is 7.53. The molecule has 2 rings (SSSR count). The third-order valence-electron chi connectivity index (χ3n) is 3.94.